The number of nitrogens with zero attached hydrogens (tertiary/aromatic N) is 1. The van der Waals surface area contributed by atoms with Crippen LogP contribution < -0.4 is 0 Å². The molecule has 0 amide bonds. The van der Waals surface area contributed by atoms with Gasteiger partial charge in [0.25, 0.3) is 0 Å². The van der Waals surface area contributed by atoms with E-state index in [0.29, 0.717) is 0 Å². The molecule has 0 aliphatic carbocycles. The van der Waals surface area contributed by atoms with Crippen molar-refractivity contribution < 1.29 is 5.79 Å². The Morgan fingerprint density at radius 3 is 2.26 bits per heavy atom. The molecule has 0 aliphatic heterocycles. The van der Waals surface area contributed by atoms with E-state index in [1.54, 1.807) is 11.3 Å². The third-order valence-corrected chi connectivity index (χ3v) is 8.50. The maximum atomic E-state index is 8.98. The summed E-state index contributed by atoms with van der Waals surface area (Å²) >= 11 is 1.80. The highest BCUT2D eigenvalue weighted by atomic mass is 32.1. The first-order valence-corrected chi connectivity index (χ1v) is 12.9. The Balaban J connectivity index is 1.62. The summed E-state index contributed by atoms with van der Waals surface area (Å²) < 4.78 is 16.8. The Labute approximate surface area is 211 Å². The fourth-order valence-electron chi connectivity index (χ4n) is 5.31. The molecule has 3 aromatic heterocycles. The summed E-state index contributed by atoms with van der Waals surface area (Å²) in [5.41, 5.74) is 10.5. The molecule has 6 aromatic rings. The topological polar surface area (TPSA) is 26.0 Å². The number of pyridine rings is 1. The average molecular weight is 477 g/mol. The molecule has 0 unspecified atom stereocenters. The second kappa shape index (κ2) is 8.07. The number of furan rings is 1. The highest BCUT2D eigenvalue weighted by Crippen LogP contribution is 2.43. The standard InChI is InChI=1S/C32H29NOS/c1-17(2)26-15-28(33-16-27(26)29-18(3)9-7-10-19(29)4)25-12-8-11-23-24-14-13-22-20(5)21(6)35-32(22)31(24)34-30(23)25/h7-17H,1-6H3/i17D. The normalized spacial score (nSPS) is 12.7. The minimum absolute atomic E-state index is 0.790. The van der Waals surface area contributed by atoms with E-state index < -0.39 is 5.89 Å². The van der Waals surface area contributed by atoms with Gasteiger partial charge in [0.2, 0.25) is 0 Å². The molecule has 0 radical (unpaired) electrons. The monoisotopic (exact) mass is 476 g/mol. The summed E-state index contributed by atoms with van der Waals surface area (Å²) in [5.74, 6) is -0.790. The summed E-state index contributed by atoms with van der Waals surface area (Å²) in [6.45, 7) is 12.5. The summed E-state index contributed by atoms with van der Waals surface area (Å²) in [7, 11) is 0. The van der Waals surface area contributed by atoms with Gasteiger partial charge < -0.3 is 4.42 Å². The molecule has 0 bridgehead atoms. The van der Waals surface area contributed by atoms with Crippen molar-refractivity contribution in [3.63, 3.8) is 0 Å². The van der Waals surface area contributed by atoms with Crippen molar-refractivity contribution in [3.05, 3.63) is 87.9 Å². The van der Waals surface area contributed by atoms with E-state index in [1.165, 1.54) is 37.2 Å². The van der Waals surface area contributed by atoms with Crippen molar-refractivity contribution in [1.82, 2.24) is 4.98 Å². The van der Waals surface area contributed by atoms with Gasteiger partial charge in [-0.25, -0.2) is 0 Å². The van der Waals surface area contributed by atoms with Crippen LogP contribution in [-0.4, -0.2) is 4.98 Å². The van der Waals surface area contributed by atoms with Crippen LogP contribution in [0.5, 0.6) is 0 Å². The van der Waals surface area contributed by atoms with Crippen LogP contribution >= 0.6 is 11.3 Å². The Bertz CT molecular complexity index is 1800. The predicted molar refractivity (Wildman–Crippen MR) is 151 cm³/mol. The van der Waals surface area contributed by atoms with Crippen molar-refractivity contribution >= 4 is 43.4 Å². The van der Waals surface area contributed by atoms with E-state index in [9.17, 15) is 0 Å². The van der Waals surface area contributed by atoms with Crippen LogP contribution in [0, 0.1) is 27.7 Å². The predicted octanol–water partition coefficient (Wildman–Crippen LogP) is 9.89. The Hall–Kier alpha value is -3.43. The molecule has 0 saturated heterocycles. The van der Waals surface area contributed by atoms with Gasteiger partial charge in [0.15, 0.2) is 5.58 Å². The summed E-state index contributed by atoms with van der Waals surface area (Å²) in [4.78, 5) is 6.27. The van der Waals surface area contributed by atoms with Crippen LogP contribution in [0.1, 0.15) is 48.2 Å². The zero-order valence-corrected chi connectivity index (χ0v) is 21.9. The van der Waals surface area contributed by atoms with Crippen LogP contribution in [0.25, 0.3) is 54.4 Å². The molecule has 3 aromatic carbocycles. The number of benzene rings is 3. The number of para-hydroxylation sites is 1. The average Bonchev–Trinajstić information content (AvgIpc) is 3.36. The number of aryl methyl sites for hydroxylation is 4. The van der Waals surface area contributed by atoms with Gasteiger partial charge in [-0.3, -0.25) is 4.98 Å². The third kappa shape index (κ3) is 3.33. The lowest BCUT2D eigenvalue weighted by molar-refractivity contribution is 0.674. The molecule has 0 saturated carbocycles. The SMILES string of the molecule is [2H]C(C)(C)c1cc(-c2cccc3c2oc2c3ccc3c(C)c(C)sc32)ncc1-c1c(C)cccc1C. The summed E-state index contributed by atoms with van der Waals surface area (Å²) in [5, 5.41) is 3.49. The van der Waals surface area contributed by atoms with E-state index in [1.807, 2.05) is 20.0 Å². The van der Waals surface area contributed by atoms with Gasteiger partial charge in [-0.15, -0.1) is 11.3 Å². The molecule has 3 heterocycles. The number of rotatable bonds is 3. The lowest BCUT2D eigenvalue weighted by Gasteiger charge is -2.18. The Morgan fingerprint density at radius 1 is 0.829 bits per heavy atom. The van der Waals surface area contributed by atoms with Crippen LogP contribution in [0.3, 0.4) is 0 Å². The largest absolute Gasteiger partial charge is 0.454 e. The molecule has 3 heteroatoms. The fourth-order valence-corrected chi connectivity index (χ4v) is 6.45. The third-order valence-electron chi connectivity index (χ3n) is 7.28. The molecule has 0 atom stereocenters. The second-order valence-electron chi connectivity index (χ2n) is 9.77. The molecule has 0 N–H and O–H groups in total. The summed E-state index contributed by atoms with van der Waals surface area (Å²) in [6, 6.07) is 19.1. The Morgan fingerprint density at radius 2 is 1.51 bits per heavy atom. The number of hydrogen-bond donors (Lipinski definition) is 0. The molecule has 35 heavy (non-hydrogen) atoms. The molecule has 0 aliphatic rings. The number of aromatic nitrogens is 1. The lowest BCUT2D eigenvalue weighted by atomic mass is 9.88. The first-order valence-electron chi connectivity index (χ1n) is 12.6. The minimum atomic E-state index is -0.790. The lowest BCUT2D eigenvalue weighted by Crippen LogP contribution is -1.99. The van der Waals surface area contributed by atoms with Crippen molar-refractivity contribution in [2.24, 2.45) is 0 Å². The molecule has 174 valence electrons. The van der Waals surface area contributed by atoms with Gasteiger partial charge in [-0.05, 0) is 85.0 Å². The quantitative estimate of drug-likeness (QED) is 0.254. The van der Waals surface area contributed by atoms with Crippen molar-refractivity contribution in [2.75, 3.05) is 0 Å². The maximum Gasteiger partial charge on any atom is 0.153 e. The van der Waals surface area contributed by atoms with Crippen molar-refractivity contribution in [1.29, 1.82) is 0 Å². The van der Waals surface area contributed by atoms with E-state index in [2.05, 4.69) is 82.3 Å². The van der Waals surface area contributed by atoms with E-state index in [4.69, 9.17) is 10.8 Å². The van der Waals surface area contributed by atoms with Gasteiger partial charge >= 0.3 is 0 Å². The van der Waals surface area contributed by atoms with Crippen molar-refractivity contribution in [3.8, 4) is 22.4 Å². The van der Waals surface area contributed by atoms with Gasteiger partial charge in [-0.2, -0.15) is 0 Å². The minimum Gasteiger partial charge on any atom is -0.454 e. The zero-order chi connectivity index (χ0) is 25.4. The van der Waals surface area contributed by atoms with Gasteiger partial charge in [0.05, 0.1) is 10.4 Å². The van der Waals surface area contributed by atoms with Crippen LogP contribution in [0.4, 0.5) is 0 Å². The molecule has 6 rings (SSSR count). The molecule has 0 spiro atoms. The smallest absolute Gasteiger partial charge is 0.153 e. The summed E-state index contributed by atoms with van der Waals surface area (Å²) in [6.07, 6.45) is 1.95. The molecule has 2 nitrogen and oxygen atoms in total. The first-order chi connectivity index (χ1) is 17.1. The Kier molecular flexibility index (Phi) is 4.82. The molecular weight excluding hydrogens is 446 g/mol. The van der Waals surface area contributed by atoms with Gasteiger partial charge in [0.1, 0.15) is 5.58 Å². The fraction of sp³-hybridized carbons (Fsp3) is 0.219. The number of hydrogen-bond acceptors (Lipinski definition) is 3. The van der Waals surface area contributed by atoms with Crippen LogP contribution in [0.15, 0.2) is 65.2 Å². The van der Waals surface area contributed by atoms with E-state index >= 15 is 0 Å². The first kappa shape index (κ1) is 20.9. The maximum absolute atomic E-state index is 8.98. The second-order valence-corrected chi connectivity index (χ2v) is 11.0. The molecular formula is C32H29NOS. The number of fused-ring (bicyclic) bond motifs is 5. The molecule has 0 fully saturated rings. The van der Waals surface area contributed by atoms with E-state index in [0.717, 1.165) is 44.3 Å². The van der Waals surface area contributed by atoms with Crippen molar-refractivity contribution in [2.45, 2.75) is 47.4 Å². The highest BCUT2D eigenvalue weighted by Gasteiger charge is 2.19. The van der Waals surface area contributed by atoms with E-state index in [-0.39, 0.29) is 0 Å². The van der Waals surface area contributed by atoms with Gasteiger partial charge in [-0.1, -0.05) is 50.2 Å². The van der Waals surface area contributed by atoms with Crippen LogP contribution in [0.2, 0.25) is 0 Å². The van der Waals surface area contributed by atoms with Crippen LogP contribution in [-0.2, 0) is 0 Å². The highest BCUT2D eigenvalue weighted by molar-refractivity contribution is 7.20. The van der Waals surface area contributed by atoms with Gasteiger partial charge in [0, 0.05) is 34.3 Å². The number of thiophene rings is 1. The zero-order valence-electron chi connectivity index (χ0n) is 22.0.